The standard InChI is InChI=1S/C23H35N3O3S/c1-15-9-16(2)11-20(10-15)30(28,29)19-5-3-17(4-6-19)13-25-23(27)22-12-18-14-24-8-7-21(18)26-22/h3-6,15-16,18,20-22,24,26H,7-14H2,1-2H3,(H,25,27). The van der Waals surface area contributed by atoms with Crippen molar-refractivity contribution in [1.29, 1.82) is 0 Å². The molecule has 5 unspecified atom stereocenters. The molecule has 2 aliphatic heterocycles. The highest BCUT2D eigenvalue weighted by Crippen LogP contribution is 2.35. The van der Waals surface area contributed by atoms with E-state index in [-0.39, 0.29) is 17.2 Å². The molecule has 3 N–H and O–H groups in total. The number of carbonyl (C=O) groups excluding carboxylic acids is 1. The molecule has 1 amide bonds. The fraction of sp³-hybridized carbons (Fsp3) is 0.696. The summed E-state index contributed by atoms with van der Waals surface area (Å²) in [6.07, 6.45) is 4.55. The first kappa shape index (κ1) is 21.8. The average Bonchev–Trinajstić information content (AvgIpc) is 3.16. The molecule has 0 radical (unpaired) electrons. The van der Waals surface area contributed by atoms with Gasteiger partial charge in [-0.1, -0.05) is 26.0 Å². The van der Waals surface area contributed by atoms with Gasteiger partial charge in [0.25, 0.3) is 0 Å². The van der Waals surface area contributed by atoms with Gasteiger partial charge in [0, 0.05) is 12.6 Å². The van der Waals surface area contributed by atoms with Crippen molar-refractivity contribution in [2.24, 2.45) is 17.8 Å². The Bertz CT molecular complexity index is 831. The lowest BCUT2D eigenvalue weighted by molar-refractivity contribution is -0.123. The Labute approximate surface area is 180 Å². The molecule has 7 heteroatoms. The first-order chi connectivity index (χ1) is 14.3. The van der Waals surface area contributed by atoms with Gasteiger partial charge in [-0.25, -0.2) is 8.42 Å². The van der Waals surface area contributed by atoms with Crippen LogP contribution in [0.15, 0.2) is 29.2 Å². The Morgan fingerprint density at radius 3 is 2.43 bits per heavy atom. The van der Waals surface area contributed by atoms with E-state index in [1.54, 1.807) is 12.1 Å². The van der Waals surface area contributed by atoms with E-state index in [1.165, 1.54) is 0 Å². The Hall–Kier alpha value is -1.44. The first-order valence-corrected chi connectivity index (χ1v) is 12.9. The van der Waals surface area contributed by atoms with E-state index in [0.717, 1.165) is 50.8 Å². The zero-order valence-corrected chi connectivity index (χ0v) is 18.9. The van der Waals surface area contributed by atoms with Gasteiger partial charge in [0.2, 0.25) is 5.91 Å². The van der Waals surface area contributed by atoms with Crippen molar-refractivity contribution in [1.82, 2.24) is 16.0 Å². The maximum absolute atomic E-state index is 13.1. The summed E-state index contributed by atoms with van der Waals surface area (Å²) < 4.78 is 26.1. The smallest absolute Gasteiger partial charge is 0.237 e. The molecule has 3 fully saturated rings. The molecule has 0 bridgehead atoms. The van der Waals surface area contributed by atoms with Crippen molar-refractivity contribution in [2.75, 3.05) is 13.1 Å². The Morgan fingerprint density at radius 2 is 1.77 bits per heavy atom. The van der Waals surface area contributed by atoms with Crippen LogP contribution >= 0.6 is 0 Å². The minimum atomic E-state index is -3.30. The van der Waals surface area contributed by atoms with Gasteiger partial charge in [0.1, 0.15) is 0 Å². The first-order valence-electron chi connectivity index (χ1n) is 11.4. The largest absolute Gasteiger partial charge is 0.351 e. The fourth-order valence-electron chi connectivity index (χ4n) is 5.63. The number of amides is 1. The van der Waals surface area contributed by atoms with Crippen LogP contribution in [0.4, 0.5) is 0 Å². The molecule has 4 rings (SSSR count). The lowest BCUT2D eigenvalue weighted by Gasteiger charge is -2.31. The molecule has 0 aromatic heterocycles. The van der Waals surface area contributed by atoms with Crippen molar-refractivity contribution >= 4 is 15.7 Å². The second-order valence-corrected chi connectivity index (χ2v) is 12.0. The molecule has 1 aliphatic carbocycles. The highest BCUT2D eigenvalue weighted by Gasteiger charge is 2.38. The van der Waals surface area contributed by atoms with Gasteiger partial charge in [0.05, 0.1) is 16.2 Å². The lowest BCUT2D eigenvalue weighted by atomic mass is 9.83. The summed E-state index contributed by atoms with van der Waals surface area (Å²) in [5, 5.41) is 9.60. The molecule has 0 spiro atoms. The van der Waals surface area contributed by atoms with Gasteiger partial charge in [-0.3, -0.25) is 4.79 Å². The number of hydrogen-bond donors (Lipinski definition) is 3. The van der Waals surface area contributed by atoms with Crippen LogP contribution in [0.5, 0.6) is 0 Å². The van der Waals surface area contributed by atoms with Crippen molar-refractivity contribution in [3.8, 4) is 0 Å². The second kappa shape index (κ2) is 8.97. The molecular formula is C23H35N3O3S. The van der Waals surface area contributed by atoms with Crippen molar-refractivity contribution in [2.45, 2.75) is 74.7 Å². The normalized spacial score (nSPS) is 34.3. The van der Waals surface area contributed by atoms with E-state index in [2.05, 4.69) is 29.8 Å². The van der Waals surface area contributed by atoms with Gasteiger partial charge >= 0.3 is 0 Å². The maximum Gasteiger partial charge on any atom is 0.237 e. The van der Waals surface area contributed by atoms with Crippen LogP contribution < -0.4 is 16.0 Å². The molecular weight excluding hydrogens is 398 g/mol. The number of nitrogens with one attached hydrogen (secondary N) is 3. The minimum absolute atomic E-state index is 0.0336. The van der Waals surface area contributed by atoms with E-state index in [9.17, 15) is 13.2 Å². The van der Waals surface area contributed by atoms with Crippen molar-refractivity contribution < 1.29 is 13.2 Å². The minimum Gasteiger partial charge on any atom is -0.351 e. The Morgan fingerprint density at radius 1 is 1.07 bits per heavy atom. The van der Waals surface area contributed by atoms with Crippen LogP contribution in [0, 0.1) is 17.8 Å². The van der Waals surface area contributed by atoms with Crippen LogP contribution in [-0.4, -0.2) is 44.7 Å². The summed E-state index contributed by atoms with van der Waals surface area (Å²) >= 11 is 0. The summed E-state index contributed by atoms with van der Waals surface area (Å²) in [5.41, 5.74) is 0.921. The summed E-state index contributed by atoms with van der Waals surface area (Å²) in [4.78, 5) is 13.0. The number of rotatable bonds is 5. The molecule has 2 saturated heterocycles. The van der Waals surface area contributed by atoms with Crippen molar-refractivity contribution in [3.63, 3.8) is 0 Å². The van der Waals surface area contributed by atoms with Crippen molar-refractivity contribution in [3.05, 3.63) is 29.8 Å². The van der Waals surface area contributed by atoms with Gasteiger partial charge in [0.15, 0.2) is 9.84 Å². The number of benzene rings is 1. The SMILES string of the molecule is CC1CC(C)CC(S(=O)(=O)c2ccc(CNC(=O)C3CC4CNCCC4N3)cc2)C1. The van der Waals surface area contributed by atoms with Crippen LogP contribution in [0.1, 0.15) is 51.5 Å². The van der Waals surface area contributed by atoms with E-state index >= 15 is 0 Å². The van der Waals surface area contributed by atoms with Gasteiger partial charge < -0.3 is 16.0 Å². The average molecular weight is 434 g/mol. The van der Waals surface area contributed by atoms with E-state index in [0.29, 0.717) is 35.2 Å². The van der Waals surface area contributed by atoms with Crippen LogP contribution in [-0.2, 0) is 21.2 Å². The van der Waals surface area contributed by atoms with Crippen LogP contribution in [0.3, 0.4) is 0 Å². The molecule has 1 aromatic carbocycles. The summed E-state index contributed by atoms with van der Waals surface area (Å²) in [5.74, 6) is 1.47. The molecule has 6 nitrogen and oxygen atoms in total. The number of piperidine rings is 1. The lowest BCUT2D eigenvalue weighted by Crippen LogP contribution is -2.45. The molecule has 1 aromatic rings. The van der Waals surface area contributed by atoms with Gasteiger partial charge in [-0.05, 0) is 80.6 Å². The quantitative estimate of drug-likeness (QED) is 0.663. The van der Waals surface area contributed by atoms with E-state index in [4.69, 9.17) is 0 Å². The molecule has 3 aliphatic rings. The predicted molar refractivity (Wildman–Crippen MR) is 118 cm³/mol. The topological polar surface area (TPSA) is 87.3 Å². The summed E-state index contributed by atoms with van der Waals surface area (Å²) in [6, 6.07) is 7.37. The number of sulfone groups is 1. The molecule has 5 atom stereocenters. The third kappa shape index (κ3) is 4.73. The number of hydrogen-bond acceptors (Lipinski definition) is 5. The Balaban J connectivity index is 1.33. The second-order valence-electron chi connectivity index (χ2n) is 9.76. The highest BCUT2D eigenvalue weighted by molar-refractivity contribution is 7.92. The van der Waals surface area contributed by atoms with Crippen LogP contribution in [0.25, 0.3) is 0 Å². The zero-order chi connectivity index (χ0) is 21.3. The van der Waals surface area contributed by atoms with E-state index in [1.807, 2.05) is 12.1 Å². The predicted octanol–water partition coefficient (Wildman–Crippen LogP) is 2.24. The number of fused-ring (bicyclic) bond motifs is 1. The summed E-state index contributed by atoms with van der Waals surface area (Å²) in [7, 11) is -3.30. The molecule has 30 heavy (non-hydrogen) atoms. The van der Waals surface area contributed by atoms with E-state index < -0.39 is 9.84 Å². The van der Waals surface area contributed by atoms with Gasteiger partial charge in [-0.15, -0.1) is 0 Å². The van der Waals surface area contributed by atoms with Crippen LogP contribution in [0.2, 0.25) is 0 Å². The molecule has 2 heterocycles. The Kier molecular flexibility index (Phi) is 6.51. The maximum atomic E-state index is 13.1. The highest BCUT2D eigenvalue weighted by atomic mass is 32.2. The number of carbonyl (C=O) groups is 1. The third-order valence-corrected chi connectivity index (χ3v) is 9.36. The third-order valence-electron chi connectivity index (χ3n) is 7.17. The monoisotopic (exact) mass is 433 g/mol. The molecule has 1 saturated carbocycles. The fourth-order valence-corrected chi connectivity index (χ4v) is 7.69. The molecule has 166 valence electrons. The zero-order valence-electron chi connectivity index (χ0n) is 18.1. The summed E-state index contributed by atoms with van der Waals surface area (Å²) in [6.45, 7) is 6.71. The van der Waals surface area contributed by atoms with Gasteiger partial charge in [-0.2, -0.15) is 0 Å².